The molecule has 0 saturated heterocycles. The van der Waals surface area contributed by atoms with Gasteiger partial charge in [-0.3, -0.25) is 4.79 Å². The molecule has 0 radical (unpaired) electrons. The number of carbonyl (C=O) groups is 1. The quantitative estimate of drug-likeness (QED) is 0.921. The molecule has 0 aromatic heterocycles. The highest BCUT2D eigenvalue weighted by Crippen LogP contribution is 2.41. The Morgan fingerprint density at radius 3 is 2.43 bits per heavy atom. The summed E-state index contributed by atoms with van der Waals surface area (Å²) in [5.41, 5.74) is 1.89. The third-order valence-electron chi connectivity index (χ3n) is 4.51. The van der Waals surface area contributed by atoms with Crippen molar-refractivity contribution in [1.82, 2.24) is 5.32 Å². The number of para-hydroxylation sites is 1. The maximum atomic E-state index is 12.8. The lowest BCUT2D eigenvalue weighted by molar-refractivity contribution is -0.122. The number of amides is 1. The Kier molecular flexibility index (Phi) is 4.16. The molecule has 1 unspecified atom stereocenters. The third-order valence-corrected chi connectivity index (χ3v) is 4.51. The van der Waals surface area contributed by atoms with Crippen LogP contribution in [0.3, 0.4) is 0 Å². The summed E-state index contributed by atoms with van der Waals surface area (Å²) in [5.74, 6) is 0.204. The molecule has 1 aromatic rings. The van der Waals surface area contributed by atoms with Crippen molar-refractivity contribution in [3.05, 3.63) is 29.8 Å². The molecule has 1 N–H and O–H groups in total. The van der Waals surface area contributed by atoms with Crippen molar-refractivity contribution >= 4 is 11.6 Å². The number of likely N-dealkylation sites (N-methyl/N-ethyl adjacent to an activating group) is 1. The number of anilines is 1. The Morgan fingerprint density at radius 2 is 1.86 bits per heavy atom. The first-order valence-electron chi connectivity index (χ1n) is 7.84. The fraction of sp³-hybridized carbons (Fsp3) is 0.611. The van der Waals surface area contributed by atoms with Gasteiger partial charge >= 0.3 is 0 Å². The van der Waals surface area contributed by atoms with Crippen LogP contribution in [-0.4, -0.2) is 25.0 Å². The number of fused-ring (bicyclic) bond motifs is 1. The van der Waals surface area contributed by atoms with Crippen molar-refractivity contribution in [2.45, 2.75) is 53.0 Å². The first kappa shape index (κ1) is 16.0. The van der Waals surface area contributed by atoms with E-state index in [1.807, 2.05) is 30.9 Å². The average Bonchev–Trinajstić information content (AvgIpc) is 2.59. The summed E-state index contributed by atoms with van der Waals surface area (Å²) in [5, 5.41) is 3.53. The summed E-state index contributed by atoms with van der Waals surface area (Å²) in [6.07, 6.45) is 0. The highest BCUT2D eigenvalue weighted by atomic mass is 16.2. The van der Waals surface area contributed by atoms with Gasteiger partial charge in [0.25, 0.3) is 0 Å². The van der Waals surface area contributed by atoms with Crippen molar-refractivity contribution in [3.8, 4) is 0 Å². The highest BCUT2D eigenvalue weighted by molar-refractivity contribution is 6.07. The largest absolute Gasteiger partial charge is 0.312 e. The normalized spacial score (nSPS) is 18.8. The van der Waals surface area contributed by atoms with Gasteiger partial charge in [-0.05, 0) is 37.4 Å². The fourth-order valence-electron chi connectivity index (χ4n) is 3.05. The van der Waals surface area contributed by atoms with E-state index < -0.39 is 5.41 Å². The van der Waals surface area contributed by atoms with Crippen LogP contribution in [0.5, 0.6) is 0 Å². The second kappa shape index (κ2) is 5.45. The Bertz CT molecular complexity index is 528. The molecule has 1 aliphatic heterocycles. The molecule has 1 heterocycles. The number of hydrogen-bond acceptors (Lipinski definition) is 2. The maximum absolute atomic E-state index is 12.8. The molecule has 0 fully saturated rings. The molecular weight excluding hydrogens is 260 g/mol. The molecule has 2 rings (SSSR count). The highest BCUT2D eigenvalue weighted by Gasteiger charge is 2.44. The monoisotopic (exact) mass is 288 g/mol. The number of nitrogens with zero attached hydrogens (tertiary/aromatic N) is 1. The van der Waals surface area contributed by atoms with Crippen LogP contribution >= 0.6 is 0 Å². The second-order valence-electron chi connectivity index (χ2n) is 7.53. The van der Waals surface area contributed by atoms with Crippen LogP contribution in [0.15, 0.2) is 24.3 Å². The Hall–Kier alpha value is -1.35. The number of hydrogen-bond donors (Lipinski definition) is 1. The molecule has 0 saturated carbocycles. The van der Waals surface area contributed by atoms with Gasteiger partial charge in [0.2, 0.25) is 5.91 Å². The lowest BCUT2D eigenvalue weighted by atomic mass is 9.85. The van der Waals surface area contributed by atoms with E-state index in [-0.39, 0.29) is 17.4 Å². The van der Waals surface area contributed by atoms with Crippen LogP contribution in [0.2, 0.25) is 0 Å². The third kappa shape index (κ3) is 2.84. The minimum Gasteiger partial charge on any atom is -0.312 e. The predicted octanol–water partition coefficient (Wildman–Crippen LogP) is 3.34. The van der Waals surface area contributed by atoms with Crippen LogP contribution in [0.4, 0.5) is 5.69 Å². The standard InChI is InChI=1S/C18H28N2O/c1-7-19-15(17(2,3)4)12-20-14-11-9-8-10-13(14)18(5,6)16(20)21/h8-11,15,19H,7,12H2,1-6H3. The average molecular weight is 288 g/mol. The van der Waals surface area contributed by atoms with Gasteiger partial charge in [0.05, 0.1) is 5.41 Å². The minimum atomic E-state index is -0.425. The zero-order valence-electron chi connectivity index (χ0n) is 14.2. The van der Waals surface area contributed by atoms with Gasteiger partial charge in [0, 0.05) is 18.3 Å². The first-order chi connectivity index (χ1) is 9.69. The maximum Gasteiger partial charge on any atom is 0.237 e. The van der Waals surface area contributed by atoms with Gasteiger partial charge in [-0.25, -0.2) is 0 Å². The van der Waals surface area contributed by atoms with E-state index in [1.54, 1.807) is 0 Å². The molecule has 116 valence electrons. The van der Waals surface area contributed by atoms with Gasteiger partial charge in [0.15, 0.2) is 0 Å². The molecule has 1 atom stereocenters. The van der Waals surface area contributed by atoms with E-state index in [1.165, 1.54) is 0 Å². The zero-order chi connectivity index (χ0) is 15.8. The first-order valence-corrected chi connectivity index (χ1v) is 7.84. The van der Waals surface area contributed by atoms with Crippen molar-refractivity contribution in [2.75, 3.05) is 18.0 Å². The van der Waals surface area contributed by atoms with Gasteiger partial charge in [-0.2, -0.15) is 0 Å². The van der Waals surface area contributed by atoms with E-state index in [2.05, 4.69) is 45.1 Å². The molecule has 1 aromatic carbocycles. The lowest BCUT2D eigenvalue weighted by Gasteiger charge is -2.35. The number of rotatable bonds is 4. The minimum absolute atomic E-state index is 0.109. The fourth-order valence-corrected chi connectivity index (χ4v) is 3.05. The molecular formula is C18H28N2O. The van der Waals surface area contributed by atoms with Crippen LogP contribution in [0, 0.1) is 5.41 Å². The second-order valence-corrected chi connectivity index (χ2v) is 7.53. The van der Waals surface area contributed by atoms with Gasteiger partial charge in [-0.15, -0.1) is 0 Å². The van der Waals surface area contributed by atoms with E-state index in [4.69, 9.17) is 0 Å². The summed E-state index contributed by atoms with van der Waals surface area (Å²) in [7, 11) is 0. The van der Waals surface area contributed by atoms with Gasteiger partial charge in [0.1, 0.15) is 0 Å². The zero-order valence-corrected chi connectivity index (χ0v) is 14.2. The van der Waals surface area contributed by atoms with E-state index in [9.17, 15) is 4.79 Å². The Labute approximate surface area is 128 Å². The van der Waals surface area contributed by atoms with Crippen molar-refractivity contribution in [3.63, 3.8) is 0 Å². The smallest absolute Gasteiger partial charge is 0.237 e. The molecule has 0 bridgehead atoms. The molecule has 0 aliphatic carbocycles. The number of benzene rings is 1. The van der Waals surface area contributed by atoms with Crippen LogP contribution < -0.4 is 10.2 Å². The molecule has 0 spiro atoms. The molecule has 21 heavy (non-hydrogen) atoms. The summed E-state index contributed by atoms with van der Waals surface area (Å²) >= 11 is 0. The van der Waals surface area contributed by atoms with E-state index >= 15 is 0 Å². The molecule has 1 amide bonds. The summed E-state index contributed by atoms with van der Waals surface area (Å²) in [4.78, 5) is 14.8. The summed E-state index contributed by atoms with van der Waals surface area (Å²) < 4.78 is 0. The SMILES string of the molecule is CCNC(CN1C(=O)C(C)(C)c2ccccc21)C(C)(C)C. The van der Waals surface area contributed by atoms with Gasteiger partial charge < -0.3 is 10.2 Å². The molecule has 1 aliphatic rings. The van der Waals surface area contributed by atoms with Gasteiger partial charge in [-0.1, -0.05) is 45.9 Å². The van der Waals surface area contributed by atoms with Crippen LogP contribution in [-0.2, 0) is 10.2 Å². The van der Waals surface area contributed by atoms with Crippen molar-refractivity contribution in [1.29, 1.82) is 0 Å². The topological polar surface area (TPSA) is 32.3 Å². The number of carbonyl (C=O) groups excluding carboxylic acids is 1. The summed E-state index contributed by atoms with van der Waals surface area (Å²) in [6.45, 7) is 14.4. The van der Waals surface area contributed by atoms with Crippen molar-refractivity contribution in [2.24, 2.45) is 5.41 Å². The van der Waals surface area contributed by atoms with Crippen molar-refractivity contribution < 1.29 is 4.79 Å². The molecule has 3 heteroatoms. The number of nitrogens with one attached hydrogen (secondary N) is 1. The van der Waals surface area contributed by atoms with Crippen LogP contribution in [0.25, 0.3) is 0 Å². The van der Waals surface area contributed by atoms with Crippen LogP contribution in [0.1, 0.15) is 47.1 Å². The molecule has 3 nitrogen and oxygen atoms in total. The van der Waals surface area contributed by atoms with E-state index in [0.717, 1.165) is 24.3 Å². The summed E-state index contributed by atoms with van der Waals surface area (Å²) in [6, 6.07) is 8.44. The Morgan fingerprint density at radius 1 is 1.24 bits per heavy atom. The lowest BCUT2D eigenvalue weighted by Crippen LogP contribution is -2.50. The predicted molar refractivity (Wildman–Crippen MR) is 88.7 cm³/mol. The van der Waals surface area contributed by atoms with E-state index in [0.29, 0.717) is 0 Å². The Balaban J connectivity index is 2.34.